The van der Waals surface area contributed by atoms with Gasteiger partial charge in [0.05, 0.1) is 6.10 Å². The molecule has 1 aromatic rings. The van der Waals surface area contributed by atoms with E-state index >= 15 is 0 Å². The van der Waals surface area contributed by atoms with Crippen molar-refractivity contribution in [3.63, 3.8) is 0 Å². The molecule has 1 unspecified atom stereocenters. The Balaban J connectivity index is 2.30. The van der Waals surface area contributed by atoms with E-state index in [9.17, 15) is 5.11 Å². The van der Waals surface area contributed by atoms with Crippen LogP contribution in [0.25, 0.3) is 0 Å². The van der Waals surface area contributed by atoms with Crippen LogP contribution in [0.3, 0.4) is 0 Å². The van der Waals surface area contributed by atoms with Gasteiger partial charge >= 0.3 is 0 Å². The third kappa shape index (κ3) is 4.64. The van der Waals surface area contributed by atoms with Crippen LogP contribution in [0.4, 0.5) is 0 Å². The van der Waals surface area contributed by atoms with E-state index in [2.05, 4.69) is 18.7 Å². The van der Waals surface area contributed by atoms with E-state index in [1.54, 1.807) is 11.3 Å². The number of aliphatic hydroxyl groups is 1. The van der Waals surface area contributed by atoms with Gasteiger partial charge in [-0.15, -0.1) is 11.3 Å². The first-order chi connectivity index (χ1) is 7.77. The lowest BCUT2D eigenvalue weighted by molar-refractivity contribution is 0.144. The van der Waals surface area contributed by atoms with Crippen LogP contribution < -0.4 is 0 Å². The number of thiophene rings is 1. The van der Waals surface area contributed by atoms with Crippen LogP contribution in [0.1, 0.15) is 44.1 Å². The van der Waals surface area contributed by atoms with Gasteiger partial charge in [0.25, 0.3) is 0 Å². The van der Waals surface area contributed by atoms with Crippen molar-refractivity contribution in [2.24, 2.45) is 0 Å². The molecule has 3 heteroatoms. The molecule has 1 N–H and O–H groups in total. The zero-order valence-corrected chi connectivity index (χ0v) is 11.2. The lowest BCUT2D eigenvalue weighted by Gasteiger charge is -2.22. The van der Waals surface area contributed by atoms with Crippen LogP contribution >= 0.6 is 11.3 Å². The molecule has 1 rings (SSSR count). The molecule has 0 saturated heterocycles. The summed E-state index contributed by atoms with van der Waals surface area (Å²) in [5.41, 5.74) is 0. The van der Waals surface area contributed by atoms with E-state index in [1.807, 2.05) is 17.5 Å². The minimum absolute atomic E-state index is 0.281. The van der Waals surface area contributed by atoms with Crippen LogP contribution in [0.5, 0.6) is 0 Å². The Hall–Kier alpha value is -0.380. The zero-order valence-electron chi connectivity index (χ0n) is 10.4. The number of rotatable bonds is 8. The number of hydrogen-bond acceptors (Lipinski definition) is 3. The second kappa shape index (κ2) is 7.82. The monoisotopic (exact) mass is 241 g/mol. The number of hydrogen-bond donors (Lipinski definition) is 1. The van der Waals surface area contributed by atoms with Gasteiger partial charge in [0.1, 0.15) is 0 Å². The standard InChI is InChI=1S/C13H23NOS/c1-3-8-14(9-4-2)10-7-12(15)13-6-5-11-16-13/h5-6,11-12,15H,3-4,7-10H2,1-2H3. The van der Waals surface area contributed by atoms with Gasteiger partial charge in [-0.3, -0.25) is 0 Å². The Morgan fingerprint density at radius 2 is 1.94 bits per heavy atom. The predicted octanol–water partition coefficient (Wildman–Crippen LogP) is 3.29. The molecule has 2 nitrogen and oxygen atoms in total. The van der Waals surface area contributed by atoms with Gasteiger partial charge in [-0.25, -0.2) is 0 Å². The predicted molar refractivity (Wildman–Crippen MR) is 70.9 cm³/mol. The molecule has 0 fully saturated rings. The molecule has 0 aromatic carbocycles. The van der Waals surface area contributed by atoms with E-state index in [-0.39, 0.29) is 6.10 Å². The van der Waals surface area contributed by atoms with Crippen LogP contribution in [0.2, 0.25) is 0 Å². The highest BCUT2D eigenvalue weighted by atomic mass is 32.1. The molecule has 0 bridgehead atoms. The lowest BCUT2D eigenvalue weighted by atomic mass is 10.2. The summed E-state index contributed by atoms with van der Waals surface area (Å²) in [5.74, 6) is 0. The summed E-state index contributed by atoms with van der Waals surface area (Å²) >= 11 is 1.64. The van der Waals surface area contributed by atoms with Gasteiger partial charge in [-0.1, -0.05) is 19.9 Å². The molecule has 1 heterocycles. The summed E-state index contributed by atoms with van der Waals surface area (Å²) in [6, 6.07) is 4.01. The fourth-order valence-corrected chi connectivity index (χ4v) is 2.64. The normalized spacial score (nSPS) is 13.2. The molecular formula is C13H23NOS. The Morgan fingerprint density at radius 3 is 2.44 bits per heavy atom. The second-order valence-electron chi connectivity index (χ2n) is 4.16. The van der Waals surface area contributed by atoms with Crippen molar-refractivity contribution in [1.82, 2.24) is 4.90 Å². The second-order valence-corrected chi connectivity index (χ2v) is 5.14. The SMILES string of the molecule is CCCN(CCC)CCC(O)c1cccs1. The minimum Gasteiger partial charge on any atom is -0.388 e. The molecule has 1 aromatic heterocycles. The molecule has 0 aliphatic heterocycles. The smallest absolute Gasteiger partial charge is 0.0894 e. The van der Waals surface area contributed by atoms with Gasteiger partial charge < -0.3 is 10.0 Å². The van der Waals surface area contributed by atoms with Crippen molar-refractivity contribution < 1.29 is 5.11 Å². The minimum atomic E-state index is -0.281. The van der Waals surface area contributed by atoms with Crippen molar-refractivity contribution in [3.8, 4) is 0 Å². The lowest BCUT2D eigenvalue weighted by Crippen LogP contribution is -2.27. The summed E-state index contributed by atoms with van der Waals surface area (Å²) < 4.78 is 0. The highest BCUT2D eigenvalue weighted by molar-refractivity contribution is 7.10. The molecule has 0 aliphatic carbocycles. The quantitative estimate of drug-likeness (QED) is 0.755. The fraction of sp³-hybridized carbons (Fsp3) is 0.692. The third-order valence-electron chi connectivity index (χ3n) is 2.67. The molecule has 92 valence electrons. The first-order valence-corrected chi connectivity index (χ1v) is 7.09. The third-order valence-corrected chi connectivity index (χ3v) is 3.64. The first kappa shape index (κ1) is 13.7. The molecule has 0 aliphatic rings. The van der Waals surface area contributed by atoms with Crippen molar-refractivity contribution in [3.05, 3.63) is 22.4 Å². The zero-order chi connectivity index (χ0) is 11.8. The average Bonchev–Trinajstić information content (AvgIpc) is 2.79. The van der Waals surface area contributed by atoms with E-state index in [0.717, 1.165) is 30.9 Å². The molecule has 1 atom stereocenters. The summed E-state index contributed by atoms with van der Waals surface area (Å²) in [7, 11) is 0. The Kier molecular flexibility index (Phi) is 6.69. The van der Waals surface area contributed by atoms with E-state index in [1.165, 1.54) is 12.8 Å². The van der Waals surface area contributed by atoms with E-state index < -0.39 is 0 Å². The maximum absolute atomic E-state index is 9.98. The average molecular weight is 241 g/mol. The van der Waals surface area contributed by atoms with Crippen LogP contribution in [-0.4, -0.2) is 29.6 Å². The van der Waals surface area contributed by atoms with Gasteiger partial charge in [0.15, 0.2) is 0 Å². The Labute approximate surface area is 103 Å². The largest absolute Gasteiger partial charge is 0.388 e. The van der Waals surface area contributed by atoms with Crippen LogP contribution in [-0.2, 0) is 0 Å². The summed E-state index contributed by atoms with van der Waals surface area (Å²) in [6.45, 7) is 7.70. The van der Waals surface area contributed by atoms with Gasteiger partial charge in [0, 0.05) is 11.4 Å². The summed E-state index contributed by atoms with van der Waals surface area (Å²) in [6.07, 6.45) is 2.95. The first-order valence-electron chi connectivity index (χ1n) is 6.21. The van der Waals surface area contributed by atoms with Gasteiger partial charge in [-0.05, 0) is 43.8 Å². The molecular weight excluding hydrogens is 218 g/mol. The van der Waals surface area contributed by atoms with Gasteiger partial charge in [-0.2, -0.15) is 0 Å². The fourth-order valence-electron chi connectivity index (χ4n) is 1.90. The number of nitrogens with zero attached hydrogens (tertiary/aromatic N) is 1. The van der Waals surface area contributed by atoms with Gasteiger partial charge in [0.2, 0.25) is 0 Å². The maximum Gasteiger partial charge on any atom is 0.0894 e. The maximum atomic E-state index is 9.98. The molecule has 0 amide bonds. The molecule has 0 radical (unpaired) electrons. The Morgan fingerprint density at radius 1 is 1.25 bits per heavy atom. The van der Waals surface area contributed by atoms with Crippen molar-refractivity contribution >= 4 is 11.3 Å². The van der Waals surface area contributed by atoms with Crippen molar-refractivity contribution in [2.75, 3.05) is 19.6 Å². The topological polar surface area (TPSA) is 23.5 Å². The van der Waals surface area contributed by atoms with E-state index in [0.29, 0.717) is 0 Å². The summed E-state index contributed by atoms with van der Waals surface area (Å²) in [4.78, 5) is 3.53. The molecule has 16 heavy (non-hydrogen) atoms. The van der Waals surface area contributed by atoms with Crippen LogP contribution in [0, 0.1) is 0 Å². The Bertz CT molecular complexity index is 255. The summed E-state index contributed by atoms with van der Waals surface area (Å²) in [5, 5.41) is 12.0. The number of aliphatic hydroxyl groups excluding tert-OH is 1. The van der Waals surface area contributed by atoms with E-state index in [4.69, 9.17) is 0 Å². The highest BCUT2D eigenvalue weighted by Gasteiger charge is 2.10. The van der Waals surface area contributed by atoms with Crippen molar-refractivity contribution in [1.29, 1.82) is 0 Å². The van der Waals surface area contributed by atoms with Crippen LogP contribution in [0.15, 0.2) is 17.5 Å². The highest BCUT2D eigenvalue weighted by Crippen LogP contribution is 2.21. The molecule has 0 saturated carbocycles. The molecule has 0 spiro atoms. The van der Waals surface area contributed by atoms with Crippen molar-refractivity contribution in [2.45, 2.75) is 39.2 Å².